The molecule has 0 aliphatic heterocycles. The Morgan fingerprint density at radius 1 is 0.900 bits per heavy atom. The molecule has 3 aliphatic rings. The fourth-order valence-electron chi connectivity index (χ4n) is 5.52. The largest absolute Gasteiger partial charge is 0.412 e. The Bertz CT molecular complexity index is 387. The van der Waals surface area contributed by atoms with Crippen molar-refractivity contribution in [1.29, 1.82) is 0 Å². The Morgan fingerprint density at radius 2 is 1.50 bits per heavy atom. The van der Waals surface area contributed by atoms with E-state index in [9.17, 15) is 0 Å². The molecule has 0 saturated heterocycles. The maximum absolute atomic E-state index is 6.86. The molecule has 0 aromatic rings. The molecule has 0 unspecified atom stereocenters. The molecule has 2 saturated carbocycles. The number of hydrogen-bond donors (Lipinski definition) is 0. The van der Waals surface area contributed by atoms with Crippen LogP contribution < -0.4 is 0 Å². The van der Waals surface area contributed by atoms with Crippen molar-refractivity contribution in [2.75, 3.05) is 0 Å². The fourth-order valence-corrected chi connectivity index (χ4v) is 9.52. The molecule has 0 spiro atoms. The van der Waals surface area contributed by atoms with E-state index in [1.165, 1.54) is 19.3 Å². The van der Waals surface area contributed by atoms with E-state index in [4.69, 9.17) is 4.43 Å². The van der Waals surface area contributed by atoms with Crippen LogP contribution in [0.5, 0.6) is 0 Å². The minimum Gasteiger partial charge on any atom is -0.412 e. The molecular weight excluding hydrogens is 260 g/mol. The van der Waals surface area contributed by atoms with Crippen LogP contribution in [0.4, 0.5) is 0 Å². The molecule has 20 heavy (non-hydrogen) atoms. The predicted octanol–water partition coefficient (Wildman–Crippen LogP) is 4.93. The van der Waals surface area contributed by atoms with Gasteiger partial charge >= 0.3 is 0 Å². The Hall–Kier alpha value is -0.0831. The van der Waals surface area contributed by atoms with Crippen molar-refractivity contribution in [3.63, 3.8) is 0 Å². The first kappa shape index (κ1) is 14.8. The summed E-state index contributed by atoms with van der Waals surface area (Å²) in [7, 11) is -1.29. The van der Waals surface area contributed by atoms with E-state index < -0.39 is 9.04 Å². The van der Waals surface area contributed by atoms with Crippen LogP contribution in [-0.4, -0.2) is 15.1 Å². The SMILES string of the molecule is CC(C)(C)[SiH](O[C@H]1C=C[C@H]2[C@H]3CC[C@@H](C3)[C@@H]21)C(C)(C)C. The van der Waals surface area contributed by atoms with E-state index in [0.29, 0.717) is 16.2 Å². The van der Waals surface area contributed by atoms with Gasteiger partial charge < -0.3 is 4.43 Å². The third kappa shape index (κ3) is 2.43. The lowest BCUT2D eigenvalue weighted by Gasteiger charge is -2.42. The molecule has 0 radical (unpaired) electrons. The van der Waals surface area contributed by atoms with Gasteiger partial charge in [0.05, 0.1) is 6.10 Å². The van der Waals surface area contributed by atoms with E-state index in [0.717, 1.165) is 23.7 Å². The van der Waals surface area contributed by atoms with Crippen LogP contribution in [0.3, 0.4) is 0 Å². The molecule has 2 fully saturated rings. The highest BCUT2D eigenvalue weighted by Crippen LogP contribution is 2.57. The normalized spacial score (nSPS) is 39.9. The van der Waals surface area contributed by atoms with Crippen molar-refractivity contribution >= 4 is 9.04 Å². The first-order valence-corrected chi connectivity index (χ1v) is 10.1. The van der Waals surface area contributed by atoms with Crippen LogP contribution in [0.15, 0.2) is 12.2 Å². The molecule has 0 aromatic heterocycles. The van der Waals surface area contributed by atoms with Gasteiger partial charge in [0.15, 0.2) is 9.04 Å². The second-order valence-electron chi connectivity index (χ2n) is 9.59. The van der Waals surface area contributed by atoms with Crippen LogP contribution in [0.25, 0.3) is 0 Å². The van der Waals surface area contributed by atoms with Gasteiger partial charge in [-0.05, 0) is 53.0 Å². The van der Waals surface area contributed by atoms with E-state index in [-0.39, 0.29) is 0 Å². The molecule has 0 N–H and O–H groups in total. The lowest BCUT2D eigenvalue weighted by molar-refractivity contribution is 0.113. The van der Waals surface area contributed by atoms with Gasteiger partial charge in [0.2, 0.25) is 0 Å². The van der Waals surface area contributed by atoms with Gasteiger partial charge in [-0.25, -0.2) is 0 Å². The summed E-state index contributed by atoms with van der Waals surface area (Å²) >= 11 is 0. The van der Waals surface area contributed by atoms with Crippen molar-refractivity contribution in [3.8, 4) is 0 Å². The predicted molar refractivity (Wildman–Crippen MR) is 88.4 cm³/mol. The zero-order valence-corrected chi connectivity index (χ0v) is 15.3. The summed E-state index contributed by atoms with van der Waals surface area (Å²) in [6.07, 6.45) is 9.79. The first-order valence-electron chi connectivity index (χ1n) is 8.52. The summed E-state index contributed by atoms with van der Waals surface area (Å²) in [6.45, 7) is 14.3. The monoisotopic (exact) mass is 292 g/mol. The minimum absolute atomic E-state index is 0.335. The summed E-state index contributed by atoms with van der Waals surface area (Å²) in [6, 6.07) is 0. The second-order valence-corrected chi connectivity index (χ2v) is 14.1. The number of fused-ring (bicyclic) bond motifs is 5. The maximum atomic E-state index is 6.86. The Morgan fingerprint density at radius 3 is 2.10 bits per heavy atom. The second kappa shape index (κ2) is 4.71. The average Bonchev–Trinajstić information content (AvgIpc) is 2.96. The van der Waals surface area contributed by atoms with Crippen LogP contribution in [0, 0.1) is 23.7 Å². The molecule has 0 heterocycles. The van der Waals surface area contributed by atoms with Gasteiger partial charge in [0, 0.05) is 0 Å². The molecular formula is C18H32OSi. The van der Waals surface area contributed by atoms with E-state index in [2.05, 4.69) is 53.7 Å². The van der Waals surface area contributed by atoms with E-state index in [1.54, 1.807) is 0 Å². The number of rotatable bonds is 2. The maximum Gasteiger partial charge on any atom is 0.188 e. The van der Waals surface area contributed by atoms with Crippen molar-refractivity contribution in [1.82, 2.24) is 0 Å². The highest BCUT2D eigenvalue weighted by Gasteiger charge is 2.53. The summed E-state index contributed by atoms with van der Waals surface area (Å²) in [5.41, 5.74) is 0. The summed E-state index contributed by atoms with van der Waals surface area (Å²) in [5, 5.41) is 0.670. The molecule has 3 rings (SSSR count). The van der Waals surface area contributed by atoms with Crippen LogP contribution in [0.2, 0.25) is 10.1 Å². The Balaban J connectivity index is 1.76. The van der Waals surface area contributed by atoms with Gasteiger partial charge in [-0.1, -0.05) is 53.7 Å². The standard InChI is InChI=1S/C18H32OSi/c1-17(2,3)20(18(4,5)6)19-15-10-9-14-12-7-8-13(11-12)16(14)15/h9-10,12-16,20H,7-8,11H2,1-6H3/t12-,13-,14-,15-,16-/m0/s1. The van der Waals surface area contributed by atoms with Gasteiger partial charge in [0.25, 0.3) is 0 Å². The highest BCUT2D eigenvalue weighted by atomic mass is 28.3. The number of allylic oxidation sites excluding steroid dienone is 1. The molecule has 114 valence electrons. The molecule has 2 heteroatoms. The molecule has 0 aromatic carbocycles. The van der Waals surface area contributed by atoms with Crippen LogP contribution in [-0.2, 0) is 4.43 Å². The lowest BCUT2D eigenvalue weighted by Crippen LogP contribution is -2.43. The van der Waals surface area contributed by atoms with Gasteiger partial charge in [-0.3, -0.25) is 0 Å². The van der Waals surface area contributed by atoms with Gasteiger partial charge in [-0.15, -0.1) is 0 Å². The molecule has 1 nitrogen and oxygen atoms in total. The first-order chi connectivity index (χ1) is 9.18. The topological polar surface area (TPSA) is 9.23 Å². The molecule has 3 aliphatic carbocycles. The summed E-state index contributed by atoms with van der Waals surface area (Å²) in [4.78, 5) is 0. The third-order valence-corrected chi connectivity index (χ3v) is 9.55. The smallest absolute Gasteiger partial charge is 0.188 e. The lowest BCUT2D eigenvalue weighted by atomic mass is 9.80. The van der Waals surface area contributed by atoms with E-state index in [1.807, 2.05) is 0 Å². The molecule has 0 amide bonds. The van der Waals surface area contributed by atoms with Crippen LogP contribution >= 0.6 is 0 Å². The Labute approximate surface area is 126 Å². The minimum atomic E-state index is -1.29. The van der Waals surface area contributed by atoms with E-state index >= 15 is 0 Å². The van der Waals surface area contributed by atoms with Crippen molar-refractivity contribution in [2.24, 2.45) is 23.7 Å². The summed E-state index contributed by atoms with van der Waals surface area (Å²) in [5.74, 6) is 3.63. The van der Waals surface area contributed by atoms with Gasteiger partial charge in [0.1, 0.15) is 0 Å². The van der Waals surface area contributed by atoms with Crippen LogP contribution in [0.1, 0.15) is 60.8 Å². The third-order valence-electron chi connectivity index (χ3n) is 5.82. The average molecular weight is 293 g/mol. The number of hydrogen-bond acceptors (Lipinski definition) is 1. The van der Waals surface area contributed by atoms with Crippen molar-refractivity contribution in [3.05, 3.63) is 12.2 Å². The van der Waals surface area contributed by atoms with Gasteiger partial charge in [-0.2, -0.15) is 0 Å². The summed E-state index contributed by atoms with van der Waals surface area (Å²) < 4.78 is 6.86. The van der Waals surface area contributed by atoms with Crippen molar-refractivity contribution in [2.45, 2.75) is 77.0 Å². The highest BCUT2D eigenvalue weighted by molar-refractivity contribution is 6.58. The molecule has 5 atom stereocenters. The zero-order valence-electron chi connectivity index (χ0n) is 14.1. The van der Waals surface area contributed by atoms with Crippen molar-refractivity contribution < 1.29 is 4.43 Å². The Kier molecular flexibility index (Phi) is 3.49. The zero-order chi connectivity index (χ0) is 14.7. The molecule has 2 bridgehead atoms. The fraction of sp³-hybridized carbons (Fsp3) is 0.889. The quantitative estimate of drug-likeness (QED) is 0.518.